The Morgan fingerprint density at radius 1 is 1.07 bits per heavy atom. The minimum absolute atomic E-state index is 0.0692. The second-order valence-corrected chi connectivity index (χ2v) is 7.50. The van der Waals surface area contributed by atoms with Crippen molar-refractivity contribution in [2.24, 2.45) is 0 Å². The zero-order chi connectivity index (χ0) is 21.5. The van der Waals surface area contributed by atoms with Crippen LogP contribution >= 0.6 is 0 Å². The van der Waals surface area contributed by atoms with Crippen molar-refractivity contribution in [2.75, 3.05) is 51.3 Å². The molecule has 7 nitrogen and oxygen atoms in total. The van der Waals surface area contributed by atoms with Crippen molar-refractivity contribution in [3.8, 4) is 5.75 Å². The number of carbonyl (C=O) groups is 2. The quantitative estimate of drug-likeness (QED) is 0.665. The van der Waals surface area contributed by atoms with Gasteiger partial charge in [-0.15, -0.1) is 0 Å². The van der Waals surface area contributed by atoms with Crippen molar-refractivity contribution in [1.29, 1.82) is 0 Å². The van der Waals surface area contributed by atoms with Crippen LogP contribution in [0.3, 0.4) is 0 Å². The fraction of sp³-hybridized carbons (Fsp3) is 0.478. The number of nitrogens with zero attached hydrogens (tertiary/aromatic N) is 3. The number of rotatable bonds is 8. The molecule has 0 atom stereocenters. The highest BCUT2D eigenvalue weighted by molar-refractivity contribution is 5.95. The van der Waals surface area contributed by atoms with Crippen molar-refractivity contribution in [1.82, 2.24) is 9.80 Å². The van der Waals surface area contributed by atoms with Crippen LogP contribution in [-0.4, -0.2) is 68.0 Å². The minimum Gasteiger partial charge on any atom is -0.497 e. The molecule has 0 saturated carbocycles. The maximum Gasteiger partial charge on any atom is 0.257 e. The van der Waals surface area contributed by atoms with Crippen LogP contribution in [0.4, 0.5) is 5.69 Å². The van der Waals surface area contributed by atoms with Crippen molar-refractivity contribution >= 4 is 17.5 Å². The molecule has 0 N–H and O–H groups in total. The molecule has 3 rings (SSSR count). The second kappa shape index (κ2) is 10.2. The summed E-state index contributed by atoms with van der Waals surface area (Å²) in [6.07, 6.45) is 2.71. The van der Waals surface area contributed by atoms with Gasteiger partial charge >= 0.3 is 0 Å². The molecule has 0 unspecified atom stereocenters. The Labute approximate surface area is 178 Å². The lowest BCUT2D eigenvalue weighted by atomic mass is 10.2. The Hall–Kier alpha value is -2.96. The van der Waals surface area contributed by atoms with E-state index in [1.165, 1.54) is 6.26 Å². The number of ether oxygens (including phenoxy) is 1. The molecule has 1 aromatic carbocycles. The summed E-state index contributed by atoms with van der Waals surface area (Å²) in [5, 5.41) is 0. The van der Waals surface area contributed by atoms with E-state index in [0.717, 1.165) is 30.9 Å². The smallest absolute Gasteiger partial charge is 0.257 e. The molecule has 2 heterocycles. The van der Waals surface area contributed by atoms with Crippen LogP contribution in [0.2, 0.25) is 0 Å². The Bertz CT molecular complexity index is 838. The fourth-order valence-corrected chi connectivity index (χ4v) is 3.76. The lowest BCUT2D eigenvalue weighted by molar-refractivity contribution is -0.131. The van der Waals surface area contributed by atoms with E-state index >= 15 is 0 Å². The standard InChI is InChI=1S/C23H31N3O4/c1-4-11-26(23(28)21-10-17-30-18(21)2)12-9-22(27)25-15-13-24(14-16-25)19-5-7-20(29-3)8-6-19/h5-8,10,17H,4,9,11-16H2,1-3H3. The number of carbonyl (C=O) groups excluding carboxylic acids is 2. The number of hydrogen-bond donors (Lipinski definition) is 0. The highest BCUT2D eigenvalue weighted by Crippen LogP contribution is 2.21. The molecule has 30 heavy (non-hydrogen) atoms. The Kier molecular flexibility index (Phi) is 7.38. The van der Waals surface area contributed by atoms with Gasteiger partial charge in [0.25, 0.3) is 5.91 Å². The minimum atomic E-state index is -0.0692. The molecule has 162 valence electrons. The summed E-state index contributed by atoms with van der Waals surface area (Å²) in [7, 11) is 1.66. The molecule has 1 aliphatic heterocycles. The van der Waals surface area contributed by atoms with E-state index in [1.54, 1.807) is 25.0 Å². The van der Waals surface area contributed by atoms with E-state index in [0.29, 0.717) is 43.9 Å². The maximum absolute atomic E-state index is 12.8. The van der Waals surface area contributed by atoms with Crippen LogP contribution in [0.1, 0.15) is 35.9 Å². The summed E-state index contributed by atoms with van der Waals surface area (Å²) in [5.41, 5.74) is 1.71. The predicted molar refractivity (Wildman–Crippen MR) is 116 cm³/mol. The summed E-state index contributed by atoms with van der Waals surface area (Å²) < 4.78 is 10.5. The number of aryl methyl sites for hydroxylation is 1. The lowest BCUT2D eigenvalue weighted by Crippen LogP contribution is -2.49. The molecule has 2 aromatic rings. The Balaban J connectivity index is 1.50. The first-order chi connectivity index (χ1) is 14.5. The topological polar surface area (TPSA) is 66.2 Å². The fourth-order valence-electron chi connectivity index (χ4n) is 3.76. The maximum atomic E-state index is 12.8. The first kappa shape index (κ1) is 21.7. The third-order valence-corrected chi connectivity index (χ3v) is 5.54. The predicted octanol–water partition coefficient (Wildman–Crippen LogP) is 3.19. The van der Waals surface area contributed by atoms with Crippen molar-refractivity contribution in [2.45, 2.75) is 26.7 Å². The first-order valence-electron chi connectivity index (χ1n) is 10.5. The molecule has 1 saturated heterocycles. The van der Waals surface area contributed by atoms with Crippen LogP contribution in [0.25, 0.3) is 0 Å². The molecule has 1 aliphatic rings. The summed E-state index contributed by atoms with van der Waals surface area (Å²) in [6.45, 7) is 7.83. The van der Waals surface area contributed by atoms with Gasteiger partial charge in [-0.1, -0.05) is 6.92 Å². The number of piperazine rings is 1. The van der Waals surface area contributed by atoms with Gasteiger partial charge < -0.3 is 23.9 Å². The van der Waals surface area contributed by atoms with Gasteiger partial charge in [-0.2, -0.15) is 0 Å². The monoisotopic (exact) mass is 413 g/mol. The van der Waals surface area contributed by atoms with Crippen molar-refractivity contribution < 1.29 is 18.7 Å². The molecule has 1 aromatic heterocycles. The highest BCUT2D eigenvalue weighted by atomic mass is 16.5. The number of anilines is 1. The van der Waals surface area contributed by atoms with Gasteiger partial charge in [0.2, 0.25) is 5.91 Å². The third kappa shape index (κ3) is 5.14. The van der Waals surface area contributed by atoms with Crippen LogP contribution in [-0.2, 0) is 4.79 Å². The number of benzene rings is 1. The number of hydrogen-bond acceptors (Lipinski definition) is 5. The van der Waals surface area contributed by atoms with Gasteiger partial charge in [0, 0.05) is 51.4 Å². The zero-order valence-corrected chi connectivity index (χ0v) is 18.1. The SMILES string of the molecule is CCCN(CCC(=O)N1CCN(c2ccc(OC)cc2)CC1)C(=O)c1ccoc1C. The molecule has 0 radical (unpaired) electrons. The van der Waals surface area contributed by atoms with Crippen molar-refractivity contribution in [3.05, 3.63) is 47.9 Å². The van der Waals surface area contributed by atoms with Gasteiger partial charge in [0.15, 0.2) is 0 Å². The van der Waals surface area contributed by atoms with Gasteiger partial charge in [0.1, 0.15) is 11.5 Å². The summed E-state index contributed by atoms with van der Waals surface area (Å²) in [4.78, 5) is 31.4. The molecule has 0 aliphatic carbocycles. The van der Waals surface area contributed by atoms with E-state index in [4.69, 9.17) is 9.15 Å². The Morgan fingerprint density at radius 2 is 1.77 bits per heavy atom. The van der Waals surface area contributed by atoms with E-state index in [2.05, 4.69) is 4.90 Å². The molecular weight excluding hydrogens is 382 g/mol. The van der Waals surface area contributed by atoms with Gasteiger partial charge in [-0.25, -0.2) is 0 Å². The Morgan fingerprint density at radius 3 is 2.33 bits per heavy atom. The highest BCUT2D eigenvalue weighted by Gasteiger charge is 2.24. The first-order valence-corrected chi connectivity index (χ1v) is 10.5. The van der Waals surface area contributed by atoms with E-state index in [1.807, 2.05) is 36.1 Å². The van der Waals surface area contributed by atoms with Gasteiger partial charge in [0.05, 0.1) is 18.9 Å². The third-order valence-electron chi connectivity index (χ3n) is 5.54. The molecule has 2 amide bonds. The van der Waals surface area contributed by atoms with E-state index < -0.39 is 0 Å². The second-order valence-electron chi connectivity index (χ2n) is 7.50. The largest absolute Gasteiger partial charge is 0.497 e. The summed E-state index contributed by atoms with van der Waals surface area (Å²) in [6, 6.07) is 9.69. The lowest BCUT2D eigenvalue weighted by Gasteiger charge is -2.36. The zero-order valence-electron chi connectivity index (χ0n) is 18.1. The van der Waals surface area contributed by atoms with E-state index in [-0.39, 0.29) is 11.8 Å². The molecule has 0 spiro atoms. The molecule has 7 heteroatoms. The number of methoxy groups -OCH3 is 1. The number of furan rings is 1. The van der Waals surface area contributed by atoms with Crippen LogP contribution in [0.15, 0.2) is 41.0 Å². The van der Waals surface area contributed by atoms with Gasteiger partial charge in [-0.05, 0) is 43.7 Å². The molecular formula is C23H31N3O4. The van der Waals surface area contributed by atoms with Crippen LogP contribution in [0, 0.1) is 6.92 Å². The molecule has 0 bridgehead atoms. The van der Waals surface area contributed by atoms with Crippen LogP contribution in [0.5, 0.6) is 5.75 Å². The normalized spacial score (nSPS) is 14.0. The summed E-state index contributed by atoms with van der Waals surface area (Å²) >= 11 is 0. The molecule has 1 fully saturated rings. The average molecular weight is 414 g/mol. The van der Waals surface area contributed by atoms with Crippen molar-refractivity contribution in [3.63, 3.8) is 0 Å². The average Bonchev–Trinajstić information content (AvgIpc) is 3.22. The van der Waals surface area contributed by atoms with E-state index in [9.17, 15) is 9.59 Å². The van der Waals surface area contributed by atoms with Crippen LogP contribution < -0.4 is 9.64 Å². The van der Waals surface area contributed by atoms with Gasteiger partial charge in [-0.3, -0.25) is 9.59 Å². The number of amides is 2. The summed E-state index contributed by atoms with van der Waals surface area (Å²) in [5.74, 6) is 1.48.